The quantitative estimate of drug-likeness (QED) is 0.874. The Labute approximate surface area is 138 Å². The molecule has 1 heterocycles. The van der Waals surface area contributed by atoms with Crippen LogP contribution in [0.2, 0.25) is 5.02 Å². The van der Waals surface area contributed by atoms with Gasteiger partial charge in [0.05, 0.1) is 5.69 Å². The van der Waals surface area contributed by atoms with Crippen LogP contribution in [0.25, 0.3) is 11.3 Å². The molecule has 0 saturated heterocycles. The smallest absolute Gasteiger partial charge is 0.229 e. The molecule has 114 valence electrons. The number of nitrogens with zero attached hydrogens (tertiary/aromatic N) is 1. The fourth-order valence-corrected chi connectivity index (χ4v) is 4.70. The number of hydrogen-bond acceptors (Lipinski definition) is 3. The molecule has 0 radical (unpaired) electrons. The third kappa shape index (κ3) is 2.66. The molecule has 5 heteroatoms. The second kappa shape index (κ2) is 5.67. The van der Waals surface area contributed by atoms with Gasteiger partial charge in [-0.1, -0.05) is 30.2 Å². The van der Waals surface area contributed by atoms with Crippen molar-refractivity contribution in [3.8, 4) is 11.3 Å². The molecular formula is C17H17ClN2OS. The van der Waals surface area contributed by atoms with Gasteiger partial charge in [0.15, 0.2) is 5.13 Å². The molecule has 1 aromatic heterocycles. The first-order chi connectivity index (χ1) is 10.7. The normalized spacial score (nSPS) is 26.3. The van der Waals surface area contributed by atoms with Gasteiger partial charge in [0.1, 0.15) is 0 Å². The van der Waals surface area contributed by atoms with E-state index in [0.29, 0.717) is 16.1 Å². The molecule has 2 aliphatic carbocycles. The number of aromatic nitrogens is 1. The minimum atomic E-state index is 0.157. The third-order valence-corrected chi connectivity index (χ3v) is 5.96. The summed E-state index contributed by atoms with van der Waals surface area (Å²) in [6.45, 7) is 0. The van der Waals surface area contributed by atoms with Crippen LogP contribution in [0.4, 0.5) is 5.13 Å². The number of carbonyl (C=O) groups excluding carboxylic acids is 1. The van der Waals surface area contributed by atoms with Gasteiger partial charge in [0.2, 0.25) is 5.91 Å². The van der Waals surface area contributed by atoms with Crippen molar-refractivity contribution in [2.45, 2.75) is 25.7 Å². The van der Waals surface area contributed by atoms with Gasteiger partial charge in [0, 0.05) is 21.9 Å². The van der Waals surface area contributed by atoms with Crippen molar-refractivity contribution in [1.29, 1.82) is 0 Å². The Bertz CT molecular complexity index is 697. The zero-order valence-electron chi connectivity index (χ0n) is 12.1. The number of hydrogen-bond donors (Lipinski definition) is 1. The van der Waals surface area contributed by atoms with Crippen molar-refractivity contribution < 1.29 is 4.79 Å². The molecule has 3 nitrogen and oxygen atoms in total. The van der Waals surface area contributed by atoms with Crippen LogP contribution < -0.4 is 5.32 Å². The summed E-state index contributed by atoms with van der Waals surface area (Å²) in [6, 6.07) is 7.59. The minimum absolute atomic E-state index is 0.157. The highest BCUT2D eigenvalue weighted by Gasteiger charge is 2.43. The van der Waals surface area contributed by atoms with Crippen molar-refractivity contribution >= 4 is 34.0 Å². The van der Waals surface area contributed by atoms with Gasteiger partial charge in [-0.15, -0.1) is 11.3 Å². The van der Waals surface area contributed by atoms with E-state index < -0.39 is 0 Å². The summed E-state index contributed by atoms with van der Waals surface area (Å²) in [4.78, 5) is 17.0. The first-order valence-electron chi connectivity index (χ1n) is 7.71. The Balaban J connectivity index is 1.45. The maximum atomic E-state index is 12.4. The number of anilines is 1. The molecule has 3 atom stereocenters. The number of nitrogens with one attached hydrogen (secondary N) is 1. The van der Waals surface area contributed by atoms with Crippen LogP contribution in [0.5, 0.6) is 0 Å². The molecule has 1 amide bonds. The van der Waals surface area contributed by atoms with Crippen LogP contribution in [0.15, 0.2) is 29.6 Å². The number of fused-ring (bicyclic) bond motifs is 2. The van der Waals surface area contributed by atoms with E-state index in [0.717, 1.165) is 23.6 Å². The van der Waals surface area contributed by atoms with E-state index in [9.17, 15) is 4.79 Å². The Kier molecular flexibility index (Phi) is 3.66. The summed E-state index contributed by atoms with van der Waals surface area (Å²) >= 11 is 7.38. The summed E-state index contributed by atoms with van der Waals surface area (Å²) in [7, 11) is 0. The van der Waals surface area contributed by atoms with Crippen LogP contribution in [0, 0.1) is 17.8 Å². The largest absolute Gasteiger partial charge is 0.302 e. The van der Waals surface area contributed by atoms with Crippen molar-refractivity contribution in [1.82, 2.24) is 4.98 Å². The second-order valence-electron chi connectivity index (χ2n) is 6.32. The molecule has 2 saturated carbocycles. The molecule has 0 unspecified atom stereocenters. The average molecular weight is 333 g/mol. The lowest BCUT2D eigenvalue weighted by Crippen LogP contribution is -2.27. The van der Waals surface area contributed by atoms with Gasteiger partial charge in [-0.3, -0.25) is 4.79 Å². The summed E-state index contributed by atoms with van der Waals surface area (Å²) in [5.41, 5.74) is 1.89. The van der Waals surface area contributed by atoms with Crippen molar-refractivity contribution in [2.24, 2.45) is 17.8 Å². The number of carbonyl (C=O) groups is 1. The molecular weight excluding hydrogens is 316 g/mol. The molecule has 1 N–H and O–H groups in total. The van der Waals surface area contributed by atoms with Crippen LogP contribution in [0.1, 0.15) is 25.7 Å². The van der Waals surface area contributed by atoms with E-state index in [1.54, 1.807) is 0 Å². The highest BCUT2D eigenvalue weighted by atomic mass is 35.5. The molecule has 4 rings (SSSR count). The average Bonchev–Trinajstić information content (AvgIpc) is 3.24. The number of rotatable bonds is 3. The second-order valence-corrected chi connectivity index (χ2v) is 7.61. The van der Waals surface area contributed by atoms with Crippen LogP contribution >= 0.6 is 22.9 Å². The number of halogens is 1. The van der Waals surface area contributed by atoms with Crippen molar-refractivity contribution in [3.63, 3.8) is 0 Å². The number of amides is 1. The summed E-state index contributed by atoms with van der Waals surface area (Å²) in [6.07, 6.45) is 4.83. The maximum absolute atomic E-state index is 12.4. The molecule has 2 aromatic rings. The molecule has 0 spiro atoms. The molecule has 22 heavy (non-hydrogen) atoms. The first-order valence-corrected chi connectivity index (χ1v) is 8.97. The summed E-state index contributed by atoms with van der Waals surface area (Å²) in [5, 5.41) is 6.39. The predicted octanol–water partition coefficient (Wildman–Crippen LogP) is 4.84. The standard InChI is InChI=1S/C17H17ClN2OS/c18-13-5-3-11(4-6-13)15-9-22-17(19-15)20-16(21)14-8-10-1-2-12(14)7-10/h3-6,9-10,12,14H,1-2,7-8H2,(H,19,20,21)/t10-,12-,14-/m0/s1. The fraction of sp³-hybridized carbons (Fsp3) is 0.412. The number of thiazole rings is 1. The van der Waals surface area contributed by atoms with E-state index in [2.05, 4.69) is 10.3 Å². The van der Waals surface area contributed by atoms with Gasteiger partial charge in [-0.25, -0.2) is 4.98 Å². The van der Waals surface area contributed by atoms with Crippen molar-refractivity contribution in [3.05, 3.63) is 34.7 Å². The van der Waals surface area contributed by atoms with Crippen molar-refractivity contribution in [2.75, 3.05) is 5.32 Å². The van der Waals surface area contributed by atoms with Gasteiger partial charge < -0.3 is 5.32 Å². The van der Waals surface area contributed by atoms with E-state index in [-0.39, 0.29) is 11.8 Å². The van der Waals surface area contributed by atoms with Gasteiger partial charge in [-0.2, -0.15) is 0 Å². The molecule has 1 aromatic carbocycles. The predicted molar refractivity (Wildman–Crippen MR) is 90.1 cm³/mol. The first kappa shape index (κ1) is 14.2. The lowest BCUT2D eigenvalue weighted by Gasteiger charge is -2.19. The third-order valence-electron chi connectivity index (χ3n) is 4.95. The topological polar surface area (TPSA) is 42.0 Å². The fourth-order valence-electron chi connectivity index (χ4n) is 3.85. The van der Waals surface area contributed by atoms with E-state index in [1.807, 2.05) is 29.6 Å². The van der Waals surface area contributed by atoms with Gasteiger partial charge in [-0.05, 0) is 43.2 Å². The maximum Gasteiger partial charge on any atom is 0.229 e. The minimum Gasteiger partial charge on any atom is -0.302 e. The highest BCUT2D eigenvalue weighted by molar-refractivity contribution is 7.14. The van der Waals surface area contributed by atoms with Gasteiger partial charge in [0.25, 0.3) is 0 Å². The Hall–Kier alpha value is -1.39. The highest BCUT2D eigenvalue weighted by Crippen LogP contribution is 2.48. The molecule has 2 aliphatic rings. The van der Waals surface area contributed by atoms with Crippen LogP contribution in [-0.4, -0.2) is 10.9 Å². The Morgan fingerprint density at radius 2 is 2.05 bits per heavy atom. The van der Waals surface area contributed by atoms with Crippen LogP contribution in [0.3, 0.4) is 0 Å². The number of benzene rings is 1. The molecule has 2 fully saturated rings. The van der Waals surface area contributed by atoms with E-state index in [4.69, 9.17) is 11.6 Å². The summed E-state index contributed by atoms with van der Waals surface area (Å²) < 4.78 is 0. The lowest BCUT2D eigenvalue weighted by molar-refractivity contribution is -0.121. The zero-order chi connectivity index (χ0) is 15.1. The Morgan fingerprint density at radius 3 is 2.73 bits per heavy atom. The van der Waals surface area contributed by atoms with E-state index in [1.165, 1.54) is 30.6 Å². The van der Waals surface area contributed by atoms with Crippen LogP contribution in [-0.2, 0) is 4.79 Å². The zero-order valence-corrected chi connectivity index (χ0v) is 13.7. The Morgan fingerprint density at radius 1 is 1.23 bits per heavy atom. The lowest BCUT2D eigenvalue weighted by atomic mass is 9.88. The molecule has 2 bridgehead atoms. The van der Waals surface area contributed by atoms with Gasteiger partial charge >= 0.3 is 0 Å². The summed E-state index contributed by atoms with van der Waals surface area (Å²) in [5.74, 6) is 1.73. The molecule has 0 aliphatic heterocycles. The monoisotopic (exact) mass is 332 g/mol. The SMILES string of the molecule is O=C(Nc1nc(-c2ccc(Cl)cc2)cs1)[C@H]1C[C@H]2CC[C@H]1C2. The van der Waals surface area contributed by atoms with E-state index >= 15 is 0 Å².